The average Bonchev–Trinajstić information content (AvgIpc) is 2.58. The predicted octanol–water partition coefficient (Wildman–Crippen LogP) is 2.21. The lowest BCUT2D eigenvalue weighted by Gasteiger charge is -2.08. The lowest BCUT2D eigenvalue weighted by Crippen LogP contribution is -2.20. The standard InChI is InChI=1S/C19H19NO5/c1-12-3-8-16(13(2)9-12)17(21)10-25-19(23)14-4-6-15(7-5-14)24-11-18(20)22/h3-9H,10-11H2,1-2H3,(H2,20,22). The van der Waals surface area contributed by atoms with Crippen LogP contribution in [-0.2, 0) is 9.53 Å². The zero-order valence-corrected chi connectivity index (χ0v) is 14.1. The van der Waals surface area contributed by atoms with Gasteiger partial charge in [0.25, 0.3) is 5.91 Å². The van der Waals surface area contributed by atoms with Gasteiger partial charge in [-0.1, -0.05) is 23.8 Å². The van der Waals surface area contributed by atoms with Crippen molar-refractivity contribution in [3.8, 4) is 5.75 Å². The first-order chi connectivity index (χ1) is 11.9. The van der Waals surface area contributed by atoms with Gasteiger partial charge in [0.1, 0.15) is 5.75 Å². The molecule has 0 radical (unpaired) electrons. The van der Waals surface area contributed by atoms with Crippen LogP contribution in [0.15, 0.2) is 42.5 Å². The van der Waals surface area contributed by atoms with E-state index in [1.54, 1.807) is 6.07 Å². The molecular weight excluding hydrogens is 322 g/mol. The van der Waals surface area contributed by atoms with E-state index in [0.717, 1.165) is 11.1 Å². The van der Waals surface area contributed by atoms with Crippen LogP contribution in [0.4, 0.5) is 0 Å². The Bertz CT molecular complexity index is 796. The number of carbonyl (C=O) groups is 3. The number of nitrogens with two attached hydrogens (primary N) is 1. The molecule has 0 aliphatic heterocycles. The van der Waals surface area contributed by atoms with Crippen molar-refractivity contribution in [1.82, 2.24) is 0 Å². The number of rotatable bonds is 7. The lowest BCUT2D eigenvalue weighted by molar-refractivity contribution is -0.119. The maximum Gasteiger partial charge on any atom is 0.338 e. The highest BCUT2D eigenvalue weighted by atomic mass is 16.5. The first-order valence-electron chi connectivity index (χ1n) is 7.65. The highest BCUT2D eigenvalue weighted by Gasteiger charge is 2.13. The number of ether oxygens (including phenoxy) is 2. The van der Waals surface area contributed by atoms with Crippen molar-refractivity contribution in [1.29, 1.82) is 0 Å². The van der Waals surface area contributed by atoms with E-state index in [4.69, 9.17) is 15.2 Å². The molecule has 1 amide bonds. The zero-order valence-electron chi connectivity index (χ0n) is 14.1. The zero-order chi connectivity index (χ0) is 18.4. The normalized spacial score (nSPS) is 10.2. The monoisotopic (exact) mass is 341 g/mol. The Kier molecular flexibility index (Phi) is 5.89. The largest absolute Gasteiger partial charge is 0.484 e. The summed E-state index contributed by atoms with van der Waals surface area (Å²) in [4.78, 5) is 34.8. The van der Waals surface area contributed by atoms with Crippen molar-refractivity contribution < 1.29 is 23.9 Å². The van der Waals surface area contributed by atoms with Gasteiger partial charge in [-0.15, -0.1) is 0 Å². The number of primary amides is 1. The SMILES string of the molecule is Cc1ccc(C(=O)COC(=O)c2ccc(OCC(N)=O)cc2)c(C)c1. The van der Waals surface area contributed by atoms with E-state index >= 15 is 0 Å². The van der Waals surface area contributed by atoms with Crippen molar-refractivity contribution >= 4 is 17.7 Å². The number of hydrogen-bond acceptors (Lipinski definition) is 5. The molecule has 2 rings (SSSR count). The molecule has 0 bridgehead atoms. The molecule has 2 aromatic carbocycles. The molecule has 6 heteroatoms. The summed E-state index contributed by atoms with van der Waals surface area (Å²) in [6.45, 7) is 3.21. The van der Waals surface area contributed by atoms with E-state index in [2.05, 4.69) is 0 Å². The van der Waals surface area contributed by atoms with Crippen LogP contribution in [0.5, 0.6) is 5.75 Å². The van der Waals surface area contributed by atoms with Gasteiger partial charge in [-0.05, 0) is 43.7 Å². The fraction of sp³-hybridized carbons (Fsp3) is 0.211. The van der Waals surface area contributed by atoms with Crippen LogP contribution in [0.3, 0.4) is 0 Å². The average molecular weight is 341 g/mol. The summed E-state index contributed by atoms with van der Waals surface area (Å²) in [7, 11) is 0. The fourth-order valence-corrected chi connectivity index (χ4v) is 2.26. The smallest absolute Gasteiger partial charge is 0.338 e. The second-order valence-corrected chi connectivity index (χ2v) is 5.60. The minimum Gasteiger partial charge on any atom is -0.484 e. The van der Waals surface area contributed by atoms with Gasteiger partial charge in [-0.25, -0.2) is 4.79 Å². The second kappa shape index (κ2) is 8.10. The molecule has 0 fully saturated rings. The summed E-state index contributed by atoms with van der Waals surface area (Å²) in [5, 5.41) is 0. The minimum absolute atomic E-state index is 0.242. The number of benzene rings is 2. The summed E-state index contributed by atoms with van der Waals surface area (Å²) in [6, 6.07) is 11.5. The third-order valence-corrected chi connectivity index (χ3v) is 3.49. The molecule has 130 valence electrons. The van der Waals surface area contributed by atoms with Gasteiger partial charge < -0.3 is 15.2 Å². The number of carbonyl (C=O) groups excluding carboxylic acids is 3. The van der Waals surface area contributed by atoms with Crippen LogP contribution >= 0.6 is 0 Å². The Balaban J connectivity index is 1.93. The molecule has 2 aromatic rings. The molecule has 0 spiro atoms. The highest BCUT2D eigenvalue weighted by Crippen LogP contribution is 2.14. The van der Waals surface area contributed by atoms with Crippen LogP contribution in [0.25, 0.3) is 0 Å². The molecule has 0 aliphatic rings. The van der Waals surface area contributed by atoms with Gasteiger partial charge in [0.05, 0.1) is 5.56 Å². The molecule has 2 N–H and O–H groups in total. The van der Waals surface area contributed by atoms with E-state index in [9.17, 15) is 14.4 Å². The van der Waals surface area contributed by atoms with Crippen molar-refractivity contribution in [3.63, 3.8) is 0 Å². The predicted molar refractivity (Wildman–Crippen MR) is 91.7 cm³/mol. The van der Waals surface area contributed by atoms with Crippen LogP contribution < -0.4 is 10.5 Å². The molecule has 0 unspecified atom stereocenters. The van der Waals surface area contributed by atoms with Gasteiger partial charge >= 0.3 is 5.97 Å². The first kappa shape index (κ1) is 18.2. The maximum absolute atomic E-state index is 12.2. The Morgan fingerprint density at radius 2 is 1.64 bits per heavy atom. The minimum atomic E-state index is -0.612. The van der Waals surface area contributed by atoms with E-state index in [0.29, 0.717) is 11.3 Å². The Hall–Kier alpha value is -3.15. The van der Waals surface area contributed by atoms with Crippen LogP contribution in [-0.4, -0.2) is 30.9 Å². The topological polar surface area (TPSA) is 95.7 Å². The second-order valence-electron chi connectivity index (χ2n) is 5.60. The molecule has 0 saturated carbocycles. The van der Waals surface area contributed by atoms with Crippen molar-refractivity contribution in [2.75, 3.05) is 13.2 Å². The van der Waals surface area contributed by atoms with Gasteiger partial charge in [0.2, 0.25) is 5.78 Å². The molecule has 0 aliphatic carbocycles. The first-order valence-corrected chi connectivity index (χ1v) is 7.65. The maximum atomic E-state index is 12.2. The highest BCUT2D eigenvalue weighted by molar-refractivity contribution is 6.00. The fourth-order valence-electron chi connectivity index (χ4n) is 2.26. The molecule has 6 nitrogen and oxygen atoms in total. The molecule has 0 saturated heterocycles. The quantitative estimate of drug-likeness (QED) is 0.615. The molecule has 0 heterocycles. The van der Waals surface area contributed by atoms with E-state index in [1.165, 1.54) is 24.3 Å². The summed E-state index contributed by atoms with van der Waals surface area (Å²) in [6.07, 6.45) is 0. The Morgan fingerprint density at radius 1 is 0.960 bits per heavy atom. The number of ketones is 1. The number of hydrogen-bond donors (Lipinski definition) is 1. The van der Waals surface area contributed by atoms with Gasteiger partial charge in [-0.3, -0.25) is 9.59 Å². The van der Waals surface area contributed by atoms with Gasteiger partial charge in [0, 0.05) is 5.56 Å². The summed E-state index contributed by atoms with van der Waals surface area (Å²) in [5.41, 5.74) is 7.70. The molecular formula is C19H19NO5. The third-order valence-electron chi connectivity index (χ3n) is 3.49. The van der Waals surface area contributed by atoms with E-state index in [-0.39, 0.29) is 24.6 Å². The number of esters is 1. The van der Waals surface area contributed by atoms with E-state index < -0.39 is 11.9 Å². The van der Waals surface area contributed by atoms with Crippen LogP contribution in [0.1, 0.15) is 31.8 Å². The summed E-state index contributed by atoms with van der Waals surface area (Å²) < 4.78 is 10.2. The van der Waals surface area contributed by atoms with Crippen molar-refractivity contribution in [2.45, 2.75) is 13.8 Å². The summed E-state index contributed by atoms with van der Waals surface area (Å²) >= 11 is 0. The summed E-state index contributed by atoms with van der Waals surface area (Å²) in [5.74, 6) is -1.05. The molecule has 0 aromatic heterocycles. The molecule has 0 atom stereocenters. The number of Topliss-reactive ketones (excluding diaryl/α,β-unsaturated/α-hetero) is 1. The van der Waals surface area contributed by atoms with Crippen molar-refractivity contribution in [2.24, 2.45) is 5.73 Å². The lowest BCUT2D eigenvalue weighted by atomic mass is 10.0. The van der Waals surface area contributed by atoms with Crippen LogP contribution in [0, 0.1) is 13.8 Å². The molecule has 25 heavy (non-hydrogen) atoms. The van der Waals surface area contributed by atoms with Crippen molar-refractivity contribution in [3.05, 3.63) is 64.7 Å². The van der Waals surface area contributed by atoms with Crippen LogP contribution in [0.2, 0.25) is 0 Å². The van der Waals surface area contributed by atoms with Gasteiger partial charge in [-0.2, -0.15) is 0 Å². The number of amides is 1. The number of aryl methyl sites for hydroxylation is 2. The van der Waals surface area contributed by atoms with Gasteiger partial charge in [0.15, 0.2) is 13.2 Å². The third kappa shape index (κ3) is 5.17. The van der Waals surface area contributed by atoms with E-state index in [1.807, 2.05) is 26.0 Å². The Labute approximate surface area is 145 Å². The Morgan fingerprint density at radius 3 is 2.24 bits per heavy atom.